The van der Waals surface area contributed by atoms with Crippen molar-refractivity contribution in [1.82, 2.24) is 5.32 Å². The van der Waals surface area contributed by atoms with Crippen LogP contribution in [0.2, 0.25) is 0 Å². The van der Waals surface area contributed by atoms with Crippen LogP contribution >= 0.6 is 0 Å². The maximum absolute atomic E-state index is 3.79. The van der Waals surface area contributed by atoms with E-state index in [-0.39, 0.29) is 0 Å². The van der Waals surface area contributed by atoms with Crippen molar-refractivity contribution in [2.24, 2.45) is 0 Å². The SMILES string of the molecule is CCC(CC)(CC)NCc1cccc2c1NCC2. The molecule has 0 fully saturated rings. The van der Waals surface area contributed by atoms with Gasteiger partial charge in [-0.15, -0.1) is 0 Å². The fraction of sp³-hybridized carbons (Fsp3) is 0.625. The lowest BCUT2D eigenvalue weighted by molar-refractivity contribution is 0.288. The average molecular weight is 246 g/mol. The molecule has 0 aromatic heterocycles. The summed E-state index contributed by atoms with van der Waals surface area (Å²) in [5.74, 6) is 0. The van der Waals surface area contributed by atoms with Crippen molar-refractivity contribution in [1.29, 1.82) is 0 Å². The Labute approximate surface area is 111 Å². The van der Waals surface area contributed by atoms with Crippen LogP contribution < -0.4 is 10.6 Å². The minimum Gasteiger partial charge on any atom is -0.384 e. The van der Waals surface area contributed by atoms with E-state index in [1.807, 2.05) is 0 Å². The third kappa shape index (κ3) is 2.54. The minimum atomic E-state index is 0.307. The highest BCUT2D eigenvalue weighted by atomic mass is 15.0. The number of anilines is 1. The zero-order valence-corrected chi connectivity index (χ0v) is 12.0. The molecular formula is C16H26N2. The van der Waals surface area contributed by atoms with Crippen LogP contribution in [0.3, 0.4) is 0 Å². The first kappa shape index (κ1) is 13.4. The summed E-state index contributed by atoms with van der Waals surface area (Å²) in [5.41, 5.74) is 4.58. The third-order valence-corrected chi connectivity index (χ3v) is 4.62. The lowest BCUT2D eigenvalue weighted by atomic mass is 9.89. The van der Waals surface area contributed by atoms with Gasteiger partial charge in [0.2, 0.25) is 0 Å². The lowest BCUT2D eigenvalue weighted by Crippen LogP contribution is -2.43. The smallest absolute Gasteiger partial charge is 0.0419 e. The quantitative estimate of drug-likeness (QED) is 0.799. The Morgan fingerprint density at radius 1 is 1.17 bits per heavy atom. The van der Waals surface area contributed by atoms with Crippen LogP contribution in [-0.2, 0) is 13.0 Å². The molecule has 2 N–H and O–H groups in total. The molecule has 0 saturated heterocycles. The molecule has 0 amide bonds. The molecule has 1 aromatic rings. The summed E-state index contributed by atoms with van der Waals surface area (Å²) in [7, 11) is 0. The largest absolute Gasteiger partial charge is 0.384 e. The van der Waals surface area contributed by atoms with Crippen molar-refractivity contribution in [3.8, 4) is 0 Å². The van der Waals surface area contributed by atoms with E-state index in [2.05, 4.69) is 49.6 Å². The molecule has 0 bridgehead atoms. The summed E-state index contributed by atoms with van der Waals surface area (Å²) in [5, 5.41) is 7.31. The Morgan fingerprint density at radius 2 is 1.89 bits per heavy atom. The van der Waals surface area contributed by atoms with E-state index in [0.29, 0.717) is 5.54 Å². The highest BCUT2D eigenvalue weighted by molar-refractivity contribution is 5.61. The lowest BCUT2D eigenvalue weighted by Gasteiger charge is -2.32. The second kappa shape index (κ2) is 5.75. The van der Waals surface area contributed by atoms with Crippen molar-refractivity contribution in [2.75, 3.05) is 11.9 Å². The summed E-state index contributed by atoms with van der Waals surface area (Å²) in [6, 6.07) is 6.68. The van der Waals surface area contributed by atoms with Crippen molar-refractivity contribution < 1.29 is 0 Å². The predicted molar refractivity (Wildman–Crippen MR) is 79.1 cm³/mol. The standard InChI is InChI=1S/C16H26N2/c1-4-16(5-2,6-3)18-12-14-9-7-8-13-10-11-17-15(13)14/h7-9,17-18H,4-6,10-12H2,1-3H3. The van der Waals surface area contributed by atoms with Gasteiger partial charge in [0.05, 0.1) is 0 Å². The molecule has 0 aliphatic carbocycles. The van der Waals surface area contributed by atoms with Gasteiger partial charge in [0.15, 0.2) is 0 Å². The number of fused-ring (bicyclic) bond motifs is 1. The highest BCUT2D eigenvalue weighted by Gasteiger charge is 2.23. The van der Waals surface area contributed by atoms with E-state index in [0.717, 1.165) is 13.1 Å². The van der Waals surface area contributed by atoms with Gasteiger partial charge in [-0.25, -0.2) is 0 Å². The molecule has 2 heteroatoms. The molecule has 18 heavy (non-hydrogen) atoms. The van der Waals surface area contributed by atoms with Crippen LogP contribution in [0.4, 0.5) is 5.69 Å². The Hall–Kier alpha value is -1.02. The van der Waals surface area contributed by atoms with Gasteiger partial charge in [-0.1, -0.05) is 39.0 Å². The van der Waals surface area contributed by atoms with Gasteiger partial charge in [-0.05, 0) is 36.8 Å². The summed E-state index contributed by atoms with van der Waals surface area (Å²) >= 11 is 0. The summed E-state index contributed by atoms with van der Waals surface area (Å²) in [6.07, 6.45) is 4.76. The molecule has 1 aliphatic rings. The number of rotatable bonds is 6. The Bertz CT molecular complexity index is 386. The van der Waals surface area contributed by atoms with Crippen molar-refractivity contribution in [3.05, 3.63) is 29.3 Å². The van der Waals surface area contributed by atoms with Crippen molar-refractivity contribution >= 4 is 5.69 Å². The molecule has 100 valence electrons. The fourth-order valence-electron chi connectivity index (χ4n) is 2.97. The monoisotopic (exact) mass is 246 g/mol. The second-order valence-electron chi connectivity index (χ2n) is 5.32. The molecule has 1 aliphatic heterocycles. The predicted octanol–water partition coefficient (Wildman–Crippen LogP) is 3.71. The molecule has 0 radical (unpaired) electrons. The first-order valence-electron chi connectivity index (χ1n) is 7.34. The summed E-state index contributed by atoms with van der Waals surface area (Å²) in [4.78, 5) is 0. The van der Waals surface area contributed by atoms with Gasteiger partial charge in [-0.3, -0.25) is 0 Å². The van der Waals surface area contributed by atoms with Crippen LogP contribution in [0.1, 0.15) is 51.2 Å². The number of benzene rings is 1. The van der Waals surface area contributed by atoms with Gasteiger partial charge < -0.3 is 10.6 Å². The number of para-hydroxylation sites is 1. The Morgan fingerprint density at radius 3 is 2.56 bits per heavy atom. The van der Waals surface area contributed by atoms with E-state index < -0.39 is 0 Å². The van der Waals surface area contributed by atoms with Crippen LogP contribution in [0.5, 0.6) is 0 Å². The zero-order valence-electron chi connectivity index (χ0n) is 12.0. The molecule has 0 spiro atoms. The van der Waals surface area contributed by atoms with E-state index in [9.17, 15) is 0 Å². The van der Waals surface area contributed by atoms with Crippen LogP contribution in [0, 0.1) is 0 Å². The number of hydrogen-bond donors (Lipinski definition) is 2. The molecule has 2 rings (SSSR count). The second-order valence-corrected chi connectivity index (χ2v) is 5.32. The van der Waals surface area contributed by atoms with Crippen molar-refractivity contribution in [2.45, 2.75) is 58.5 Å². The van der Waals surface area contributed by atoms with E-state index >= 15 is 0 Å². The Balaban J connectivity index is 2.09. The highest BCUT2D eigenvalue weighted by Crippen LogP contribution is 2.27. The third-order valence-electron chi connectivity index (χ3n) is 4.62. The molecule has 2 nitrogen and oxygen atoms in total. The van der Waals surface area contributed by atoms with Gasteiger partial charge in [0.1, 0.15) is 0 Å². The van der Waals surface area contributed by atoms with Gasteiger partial charge in [-0.2, -0.15) is 0 Å². The molecule has 1 heterocycles. The topological polar surface area (TPSA) is 24.1 Å². The molecular weight excluding hydrogens is 220 g/mol. The maximum Gasteiger partial charge on any atom is 0.0419 e. The molecule has 0 saturated carbocycles. The number of hydrogen-bond acceptors (Lipinski definition) is 2. The maximum atomic E-state index is 3.79. The van der Waals surface area contributed by atoms with Crippen LogP contribution in [0.25, 0.3) is 0 Å². The van der Waals surface area contributed by atoms with Crippen LogP contribution in [0.15, 0.2) is 18.2 Å². The average Bonchev–Trinajstić information content (AvgIpc) is 2.90. The van der Waals surface area contributed by atoms with Gasteiger partial charge in [0, 0.05) is 24.3 Å². The first-order valence-corrected chi connectivity index (χ1v) is 7.34. The number of nitrogens with one attached hydrogen (secondary N) is 2. The molecule has 0 atom stereocenters. The molecule has 1 aromatic carbocycles. The summed E-state index contributed by atoms with van der Waals surface area (Å²) < 4.78 is 0. The van der Waals surface area contributed by atoms with E-state index in [1.165, 1.54) is 42.5 Å². The minimum absolute atomic E-state index is 0.307. The fourth-order valence-corrected chi connectivity index (χ4v) is 2.97. The van der Waals surface area contributed by atoms with E-state index in [4.69, 9.17) is 0 Å². The first-order chi connectivity index (χ1) is 8.74. The Kier molecular flexibility index (Phi) is 4.28. The van der Waals surface area contributed by atoms with Crippen molar-refractivity contribution in [3.63, 3.8) is 0 Å². The molecule has 0 unspecified atom stereocenters. The van der Waals surface area contributed by atoms with Gasteiger partial charge >= 0.3 is 0 Å². The normalized spacial score (nSPS) is 14.4. The van der Waals surface area contributed by atoms with E-state index in [1.54, 1.807) is 0 Å². The summed E-state index contributed by atoms with van der Waals surface area (Å²) in [6.45, 7) is 8.92. The van der Waals surface area contributed by atoms with Crippen LogP contribution in [-0.4, -0.2) is 12.1 Å². The zero-order chi connectivity index (χ0) is 13.0. The van der Waals surface area contributed by atoms with Gasteiger partial charge in [0.25, 0.3) is 0 Å².